The Labute approximate surface area is 96.4 Å². The number of hydrogen-bond donors (Lipinski definition) is 1. The summed E-state index contributed by atoms with van der Waals surface area (Å²) in [6.07, 6.45) is 4.02. The minimum Gasteiger partial charge on any atom is -0.472 e. The molecule has 0 spiro atoms. The lowest BCUT2D eigenvalue weighted by Crippen LogP contribution is -2.48. The molecule has 4 nitrogen and oxygen atoms in total. The molecule has 2 rings (SSSR count). The smallest absolute Gasteiger partial charge is 0.0950 e. The van der Waals surface area contributed by atoms with E-state index in [4.69, 9.17) is 14.9 Å². The van der Waals surface area contributed by atoms with Crippen molar-refractivity contribution < 1.29 is 9.15 Å². The standard InChI is InChI=1S/C12H20N2O2/c1-9-6-14(7-10(2)16-9)12(5-13)11-3-4-15-8-11/h3-4,8-10,12H,5-7,13H2,1-2H3/t9-,10+,12?. The van der Waals surface area contributed by atoms with Crippen LogP contribution in [0.25, 0.3) is 0 Å². The molecule has 0 radical (unpaired) electrons. The van der Waals surface area contributed by atoms with Gasteiger partial charge in [0, 0.05) is 25.2 Å². The van der Waals surface area contributed by atoms with Crippen molar-refractivity contribution >= 4 is 0 Å². The summed E-state index contributed by atoms with van der Waals surface area (Å²) in [6, 6.07) is 2.23. The van der Waals surface area contributed by atoms with Gasteiger partial charge in [0.15, 0.2) is 0 Å². The summed E-state index contributed by atoms with van der Waals surface area (Å²) in [5.74, 6) is 0. The zero-order valence-corrected chi connectivity index (χ0v) is 9.93. The van der Waals surface area contributed by atoms with Gasteiger partial charge in [-0.2, -0.15) is 0 Å². The molecule has 2 N–H and O–H groups in total. The zero-order valence-electron chi connectivity index (χ0n) is 9.93. The van der Waals surface area contributed by atoms with Crippen LogP contribution in [0.2, 0.25) is 0 Å². The van der Waals surface area contributed by atoms with Crippen molar-refractivity contribution in [1.82, 2.24) is 4.90 Å². The lowest BCUT2D eigenvalue weighted by Gasteiger charge is -2.39. The molecular weight excluding hydrogens is 204 g/mol. The van der Waals surface area contributed by atoms with Gasteiger partial charge in [-0.15, -0.1) is 0 Å². The van der Waals surface area contributed by atoms with Crippen LogP contribution in [0.5, 0.6) is 0 Å². The molecule has 1 fully saturated rings. The third-order valence-corrected chi connectivity index (χ3v) is 3.04. The number of nitrogens with zero attached hydrogens (tertiary/aromatic N) is 1. The van der Waals surface area contributed by atoms with Crippen LogP contribution >= 0.6 is 0 Å². The normalized spacial score (nSPS) is 29.2. The Hall–Kier alpha value is -0.840. The van der Waals surface area contributed by atoms with Crippen LogP contribution in [0.1, 0.15) is 25.5 Å². The maximum Gasteiger partial charge on any atom is 0.0950 e. The molecule has 0 amide bonds. The summed E-state index contributed by atoms with van der Waals surface area (Å²) < 4.78 is 10.9. The van der Waals surface area contributed by atoms with Crippen LogP contribution in [0.4, 0.5) is 0 Å². The number of rotatable bonds is 3. The van der Waals surface area contributed by atoms with Crippen LogP contribution in [-0.4, -0.2) is 36.7 Å². The fourth-order valence-corrected chi connectivity index (χ4v) is 2.43. The second-order valence-electron chi connectivity index (χ2n) is 4.52. The topological polar surface area (TPSA) is 51.6 Å². The predicted octanol–water partition coefficient (Wildman–Crippen LogP) is 1.39. The molecule has 16 heavy (non-hydrogen) atoms. The van der Waals surface area contributed by atoms with Crippen molar-refractivity contribution in [3.8, 4) is 0 Å². The van der Waals surface area contributed by atoms with E-state index in [1.54, 1.807) is 12.5 Å². The number of furan rings is 1. The van der Waals surface area contributed by atoms with Crippen LogP contribution in [0.3, 0.4) is 0 Å². The summed E-state index contributed by atoms with van der Waals surface area (Å²) in [5, 5.41) is 0. The Bertz CT molecular complexity index is 303. The fraction of sp³-hybridized carbons (Fsp3) is 0.667. The van der Waals surface area contributed by atoms with Crippen molar-refractivity contribution in [1.29, 1.82) is 0 Å². The first-order valence-electron chi connectivity index (χ1n) is 5.82. The van der Waals surface area contributed by atoms with E-state index in [9.17, 15) is 0 Å². The molecule has 1 aromatic rings. The molecule has 3 atom stereocenters. The Kier molecular flexibility index (Phi) is 3.63. The van der Waals surface area contributed by atoms with Crippen LogP contribution < -0.4 is 5.73 Å². The molecular formula is C12H20N2O2. The van der Waals surface area contributed by atoms with Crippen LogP contribution in [0.15, 0.2) is 23.0 Å². The molecule has 4 heteroatoms. The van der Waals surface area contributed by atoms with Gasteiger partial charge in [0.05, 0.1) is 30.8 Å². The maximum atomic E-state index is 5.86. The second kappa shape index (κ2) is 4.99. The molecule has 1 aliphatic heterocycles. The van der Waals surface area contributed by atoms with E-state index in [-0.39, 0.29) is 18.2 Å². The van der Waals surface area contributed by atoms with Gasteiger partial charge in [-0.05, 0) is 19.9 Å². The minimum atomic E-state index is 0.243. The molecule has 1 unspecified atom stereocenters. The average Bonchev–Trinajstić information content (AvgIpc) is 2.70. The molecule has 1 saturated heterocycles. The second-order valence-corrected chi connectivity index (χ2v) is 4.52. The highest BCUT2D eigenvalue weighted by atomic mass is 16.5. The summed E-state index contributed by atoms with van der Waals surface area (Å²) in [6.45, 7) is 6.67. The highest BCUT2D eigenvalue weighted by molar-refractivity contribution is 5.12. The molecule has 1 aliphatic rings. The molecule has 90 valence electrons. The van der Waals surface area contributed by atoms with E-state index in [0.717, 1.165) is 18.7 Å². The third kappa shape index (κ3) is 2.45. The highest BCUT2D eigenvalue weighted by Gasteiger charge is 2.28. The predicted molar refractivity (Wildman–Crippen MR) is 62.1 cm³/mol. The Balaban J connectivity index is 2.09. The Morgan fingerprint density at radius 1 is 1.44 bits per heavy atom. The lowest BCUT2D eigenvalue weighted by atomic mass is 10.1. The van der Waals surface area contributed by atoms with Gasteiger partial charge in [0.25, 0.3) is 0 Å². The monoisotopic (exact) mass is 224 g/mol. The van der Waals surface area contributed by atoms with Gasteiger partial charge < -0.3 is 14.9 Å². The highest BCUT2D eigenvalue weighted by Crippen LogP contribution is 2.24. The first-order chi connectivity index (χ1) is 7.70. The molecule has 0 saturated carbocycles. The molecule has 0 aliphatic carbocycles. The van der Waals surface area contributed by atoms with Gasteiger partial charge in [-0.3, -0.25) is 4.90 Å². The summed E-state index contributed by atoms with van der Waals surface area (Å²) >= 11 is 0. The van der Waals surface area contributed by atoms with Crippen molar-refractivity contribution in [2.45, 2.75) is 32.1 Å². The number of nitrogens with two attached hydrogens (primary N) is 1. The third-order valence-electron chi connectivity index (χ3n) is 3.04. The zero-order chi connectivity index (χ0) is 11.5. The van der Waals surface area contributed by atoms with E-state index >= 15 is 0 Å². The van der Waals surface area contributed by atoms with Crippen molar-refractivity contribution in [3.05, 3.63) is 24.2 Å². The number of hydrogen-bond acceptors (Lipinski definition) is 4. The minimum absolute atomic E-state index is 0.243. The number of ether oxygens (including phenoxy) is 1. The summed E-state index contributed by atoms with van der Waals surface area (Å²) in [7, 11) is 0. The molecule has 2 heterocycles. The molecule has 0 aromatic carbocycles. The van der Waals surface area contributed by atoms with E-state index in [1.807, 2.05) is 6.07 Å². The van der Waals surface area contributed by atoms with Gasteiger partial charge in [0.1, 0.15) is 0 Å². The van der Waals surface area contributed by atoms with Gasteiger partial charge in [-0.1, -0.05) is 0 Å². The van der Waals surface area contributed by atoms with Gasteiger partial charge in [-0.25, -0.2) is 0 Å². The first kappa shape index (κ1) is 11.6. The summed E-state index contributed by atoms with van der Waals surface area (Å²) in [4.78, 5) is 2.38. The molecule has 1 aromatic heterocycles. The van der Waals surface area contributed by atoms with E-state index < -0.39 is 0 Å². The van der Waals surface area contributed by atoms with Crippen molar-refractivity contribution in [2.24, 2.45) is 5.73 Å². The summed E-state index contributed by atoms with van der Waals surface area (Å²) in [5.41, 5.74) is 7.02. The number of morpholine rings is 1. The quantitative estimate of drug-likeness (QED) is 0.843. The average molecular weight is 224 g/mol. The van der Waals surface area contributed by atoms with Gasteiger partial charge >= 0.3 is 0 Å². The van der Waals surface area contributed by atoms with Crippen LogP contribution in [-0.2, 0) is 4.74 Å². The molecule has 0 bridgehead atoms. The lowest BCUT2D eigenvalue weighted by molar-refractivity contribution is -0.0799. The first-order valence-corrected chi connectivity index (χ1v) is 5.82. The van der Waals surface area contributed by atoms with Crippen molar-refractivity contribution in [2.75, 3.05) is 19.6 Å². The Morgan fingerprint density at radius 2 is 2.12 bits per heavy atom. The van der Waals surface area contributed by atoms with Crippen LogP contribution in [0, 0.1) is 0 Å². The largest absolute Gasteiger partial charge is 0.472 e. The fourth-order valence-electron chi connectivity index (χ4n) is 2.43. The van der Waals surface area contributed by atoms with E-state index in [1.165, 1.54) is 0 Å². The maximum absolute atomic E-state index is 5.86. The SMILES string of the molecule is C[C@@H]1CN(C(CN)c2ccoc2)C[C@H](C)O1. The van der Waals surface area contributed by atoms with E-state index in [0.29, 0.717) is 6.54 Å². The Morgan fingerprint density at radius 3 is 2.62 bits per heavy atom. The van der Waals surface area contributed by atoms with E-state index in [2.05, 4.69) is 18.7 Å². The van der Waals surface area contributed by atoms with Crippen molar-refractivity contribution in [3.63, 3.8) is 0 Å². The van der Waals surface area contributed by atoms with Gasteiger partial charge in [0.2, 0.25) is 0 Å².